The lowest BCUT2D eigenvalue weighted by Crippen LogP contribution is -2.55. The van der Waals surface area contributed by atoms with Crippen LogP contribution in [-0.2, 0) is 0 Å². The molecule has 1 saturated heterocycles. The van der Waals surface area contributed by atoms with Crippen LogP contribution in [0.15, 0.2) is 18.2 Å². The highest BCUT2D eigenvalue weighted by atomic mass is 19.2. The van der Waals surface area contributed by atoms with Gasteiger partial charge in [0, 0.05) is 36.9 Å². The zero-order valence-corrected chi connectivity index (χ0v) is 9.50. The van der Waals surface area contributed by atoms with Crippen molar-refractivity contribution in [2.24, 2.45) is 0 Å². The number of hydrogen-bond acceptors (Lipinski definition) is 2. The van der Waals surface area contributed by atoms with Crippen LogP contribution in [0, 0.1) is 11.6 Å². The Morgan fingerprint density at radius 3 is 2.31 bits per heavy atom. The van der Waals surface area contributed by atoms with E-state index in [1.54, 1.807) is 6.07 Å². The molecule has 1 heterocycles. The maximum Gasteiger partial charge on any atom is 0.160 e. The van der Waals surface area contributed by atoms with Crippen LogP contribution in [0.4, 0.5) is 14.5 Å². The molecule has 4 heteroatoms. The third kappa shape index (κ3) is 2.02. The van der Waals surface area contributed by atoms with Crippen molar-refractivity contribution in [3.8, 4) is 0 Å². The van der Waals surface area contributed by atoms with Crippen LogP contribution in [0.1, 0.15) is 13.8 Å². The molecule has 1 aromatic rings. The predicted molar refractivity (Wildman–Crippen MR) is 60.6 cm³/mol. The number of nitrogens with one attached hydrogen (secondary N) is 1. The average molecular weight is 226 g/mol. The Labute approximate surface area is 94.3 Å². The number of benzene rings is 1. The second kappa shape index (κ2) is 4.37. The molecule has 1 aliphatic heterocycles. The fourth-order valence-electron chi connectivity index (χ4n) is 2.29. The first-order valence-corrected chi connectivity index (χ1v) is 5.53. The van der Waals surface area contributed by atoms with Crippen molar-refractivity contribution in [1.82, 2.24) is 5.32 Å². The third-order valence-electron chi connectivity index (χ3n) is 3.03. The van der Waals surface area contributed by atoms with Crippen LogP contribution < -0.4 is 10.2 Å². The summed E-state index contributed by atoms with van der Waals surface area (Å²) in [6, 6.07) is 4.67. The Balaban J connectivity index is 2.30. The molecule has 2 atom stereocenters. The predicted octanol–water partition coefficient (Wildman–Crippen LogP) is 2.15. The lowest BCUT2D eigenvalue weighted by atomic mass is 10.1. The molecule has 0 bridgehead atoms. The van der Waals surface area contributed by atoms with Crippen LogP contribution >= 0.6 is 0 Å². The van der Waals surface area contributed by atoms with Gasteiger partial charge in [-0.2, -0.15) is 0 Å². The lowest BCUT2D eigenvalue weighted by Gasteiger charge is -2.41. The highest BCUT2D eigenvalue weighted by molar-refractivity contribution is 5.49. The average Bonchev–Trinajstić information content (AvgIpc) is 2.23. The molecule has 1 N–H and O–H groups in total. The summed E-state index contributed by atoms with van der Waals surface area (Å²) in [5, 5.41) is 3.30. The standard InChI is InChI=1S/C12H16F2N2/c1-8-6-15-7-9(2)16(8)10-3-4-11(13)12(14)5-10/h3-5,8-9,15H,6-7H2,1-2H3. The molecule has 0 spiro atoms. The van der Waals surface area contributed by atoms with Gasteiger partial charge in [-0.25, -0.2) is 8.78 Å². The van der Waals surface area contributed by atoms with E-state index in [9.17, 15) is 8.78 Å². The van der Waals surface area contributed by atoms with E-state index in [-0.39, 0.29) is 12.1 Å². The summed E-state index contributed by atoms with van der Waals surface area (Å²) >= 11 is 0. The largest absolute Gasteiger partial charge is 0.363 e. The summed E-state index contributed by atoms with van der Waals surface area (Å²) in [6.07, 6.45) is 0. The van der Waals surface area contributed by atoms with Gasteiger partial charge >= 0.3 is 0 Å². The Morgan fingerprint density at radius 2 is 1.75 bits per heavy atom. The smallest absolute Gasteiger partial charge is 0.160 e. The van der Waals surface area contributed by atoms with Crippen molar-refractivity contribution in [1.29, 1.82) is 0 Å². The van der Waals surface area contributed by atoms with E-state index in [4.69, 9.17) is 0 Å². The number of halogens is 2. The number of nitrogens with zero attached hydrogens (tertiary/aromatic N) is 1. The monoisotopic (exact) mass is 226 g/mol. The molecular formula is C12H16F2N2. The summed E-state index contributed by atoms with van der Waals surface area (Å²) in [5.41, 5.74) is 0.750. The molecule has 0 aromatic heterocycles. The summed E-state index contributed by atoms with van der Waals surface area (Å²) in [6.45, 7) is 5.88. The number of piperazine rings is 1. The van der Waals surface area contributed by atoms with Crippen molar-refractivity contribution >= 4 is 5.69 Å². The van der Waals surface area contributed by atoms with Gasteiger partial charge in [0.25, 0.3) is 0 Å². The Bertz CT molecular complexity index is 371. The van der Waals surface area contributed by atoms with Gasteiger partial charge < -0.3 is 10.2 Å². The van der Waals surface area contributed by atoms with Gasteiger partial charge in [-0.1, -0.05) is 0 Å². The van der Waals surface area contributed by atoms with Gasteiger partial charge in [-0.15, -0.1) is 0 Å². The molecular weight excluding hydrogens is 210 g/mol. The van der Waals surface area contributed by atoms with Gasteiger partial charge in [0.2, 0.25) is 0 Å². The van der Waals surface area contributed by atoms with Gasteiger partial charge in [-0.05, 0) is 26.0 Å². The minimum absolute atomic E-state index is 0.286. The first kappa shape index (κ1) is 11.3. The highest BCUT2D eigenvalue weighted by Gasteiger charge is 2.25. The van der Waals surface area contributed by atoms with Gasteiger partial charge in [0.05, 0.1) is 0 Å². The van der Waals surface area contributed by atoms with Crippen LogP contribution in [-0.4, -0.2) is 25.2 Å². The Hall–Kier alpha value is -1.16. The molecule has 0 saturated carbocycles. The summed E-state index contributed by atoms with van der Waals surface area (Å²) in [5.74, 6) is -1.57. The van der Waals surface area contributed by atoms with E-state index in [2.05, 4.69) is 24.1 Å². The summed E-state index contributed by atoms with van der Waals surface area (Å²) < 4.78 is 26.0. The quantitative estimate of drug-likeness (QED) is 0.789. The molecule has 2 unspecified atom stereocenters. The number of rotatable bonds is 1. The normalized spacial score (nSPS) is 25.9. The molecule has 2 rings (SSSR count). The van der Waals surface area contributed by atoms with Crippen LogP contribution in [0.2, 0.25) is 0 Å². The second-order valence-corrected chi connectivity index (χ2v) is 4.36. The third-order valence-corrected chi connectivity index (χ3v) is 3.03. The molecule has 0 aliphatic carbocycles. The Kier molecular flexibility index (Phi) is 3.10. The van der Waals surface area contributed by atoms with Gasteiger partial charge in [-0.3, -0.25) is 0 Å². The minimum Gasteiger partial charge on any atom is -0.363 e. The van der Waals surface area contributed by atoms with E-state index in [1.807, 2.05) is 0 Å². The Morgan fingerprint density at radius 1 is 1.12 bits per heavy atom. The van der Waals surface area contributed by atoms with Gasteiger partial charge in [0.1, 0.15) is 0 Å². The lowest BCUT2D eigenvalue weighted by molar-refractivity contribution is 0.430. The van der Waals surface area contributed by atoms with Crippen molar-refractivity contribution in [2.75, 3.05) is 18.0 Å². The molecule has 1 aromatic carbocycles. The van der Waals surface area contributed by atoms with E-state index in [1.165, 1.54) is 12.1 Å². The molecule has 0 amide bonds. The SMILES string of the molecule is CC1CNCC(C)N1c1ccc(F)c(F)c1. The van der Waals surface area contributed by atoms with E-state index >= 15 is 0 Å². The fraction of sp³-hybridized carbons (Fsp3) is 0.500. The molecule has 1 aliphatic rings. The molecule has 0 radical (unpaired) electrons. The van der Waals surface area contributed by atoms with E-state index < -0.39 is 11.6 Å². The number of anilines is 1. The van der Waals surface area contributed by atoms with Crippen molar-refractivity contribution < 1.29 is 8.78 Å². The topological polar surface area (TPSA) is 15.3 Å². The molecule has 1 fully saturated rings. The number of hydrogen-bond donors (Lipinski definition) is 1. The summed E-state index contributed by atoms with van der Waals surface area (Å²) in [4.78, 5) is 2.12. The van der Waals surface area contributed by atoms with Crippen LogP contribution in [0.25, 0.3) is 0 Å². The van der Waals surface area contributed by atoms with Crippen LogP contribution in [0.3, 0.4) is 0 Å². The van der Waals surface area contributed by atoms with Gasteiger partial charge in [0.15, 0.2) is 11.6 Å². The van der Waals surface area contributed by atoms with E-state index in [0.717, 1.165) is 18.8 Å². The maximum absolute atomic E-state index is 13.2. The second-order valence-electron chi connectivity index (χ2n) is 4.36. The fourth-order valence-corrected chi connectivity index (χ4v) is 2.29. The van der Waals surface area contributed by atoms with Crippen molar-refractivity contribution in [3.63, 3.8) is 0 Å². The zero-order chi connectivity index (χ0) is 11.7. The molecule has 88 valence electrons. The highest BCUT2D eigenvalue weighted by Crippen LogP contribution is 2.23. The van der Waals surface area contributed by atoms with Crippen molar-refractivity contribution in [2.45, 2.75) is 25.9 Å². The zero-order valence-electron chi connectivity index (χ0n) is 9.50. The van der Waals surface area contributed by atoms with Crippen LogP contribution in [0.5, 0.6) is 0 Å². The van der Waals surface area contributed by atoms with Crippen molar-refractivity contribution in [3.05, 3.63) is 29.8 Å². The molecule has 2 nitrogen and oxygen atoms in total. The maximum atomic E-state index is 13.2. The first-order chi connectivity index (χ1) is 7.59. The van der Waals surface area contributed by atoms with E-state index in [0.29, 0.717) is 0 Å². The molecule has 16 heavy (non-hydrogen) atoms. The summed E-state index contributed by atoms with van der Waals surface area (Å²) in [7, 11) is 0. The first-order valence-electron chi connectivity index (χ1n) is 5.53. The minimum atomic E-state index is -0.792.